The molecule has 0 radical (unpaired) electrons. The minimum Gasteiger partial charge on any atom is -0.481 e. The van der Waals surface area contributed by atoms with Gasteiger partial charge in [-0.05, 0) is 37.6 Å². The number of rotatable bonds is 9. The number of aliphatic hydroxyl groups is 1. The van der Waals surface area contributed by atoms with E-state index in [1.54, 1.807) is 31.2 Å². The molecule has 0 spiro atoms. The molecule has 1 rings (SSSR count). The summed E-state index contributed by atoms with van der Waals surface area (Å²) in [6.07, 6.45) is 0.119. The van der Waals surface area contributed by atoms with Crippen molar-refractivity contribution in [3.8, 4) is 5.75 Å². The van der Waals surface area contributed by atoms with E-state index in [9.17, 15) is 4.79 Å². The molecule has 6 heteroatoms. The lowest BCUT2D eigenvalue weighted by Crippen LogP contribution is -2.37. The summed E-state index contributed by atoms with van der Waals surface area (Å²) in [5, 5.41) is 11.9. The fourth-order valence-corrected chi connectivity index (χ4v) is 1.59. The number of nitrogens with one attached hydrogen (secondary N) is 1. The van der Waals surface area contributed by atoms with Crippen LogP contribution in [0.4, 0.5) is 0 Å². The van der Waals surface area contributed by atoms with Crippen LogP contribution in [-0.2, 0) is 9.53 Å². The van der Waals surface area contributed by atoms with Crippen LogP contribution in [0.3, 0.4) is 0 Å². The highest BCUT2D eigenvalue weighted by Crippen LogP contribution is 2.16. The van der Waals surface area contributed by atoms with Gasteiger partial charge in [-0.25, -0.2) is 0 Å². The normalized spacial score (nSPS) is 11.9. The molecule has 0 saturated heterocycles. The van der Waals surface area contributed by atoms with E-state index in [1.165, 1.54) is 0 Å². The van der Waals surface area contributed by atoms with E-state index in [2.05, 4.69) is 5.32 Å². The maximum atomic E-state index is 11.8. The van der Waals surface area contributed by atoms with E-state index in [0.29, 0.717) is 37.0 Å². The van der Waals surface area contributed by atoms with Gasteiger partial charge < -0.3 is 19.9 Å². The van der Waals surface area contributed by atoms with Crippen LogP contribution < -0.4 is 10.1 Å². The van der Waals surface area contributed by atoms with Crippen LogP contribution >= 0.6 is 11.6 Å². The fourth-order valence-electron chi connectivity index (χ4n) is 1.47. The molecular formula is C14H20ClNO4. The average molecular weight is 302 g/mol. The molecule has 0 bridgehead atoms. The first-order valence-electron chi connectivity index (χ1n) is 6.52. The van der Waals surface area contributed by atoms with Gasteiger partial charge in [0.05, 0.1) is 13.2 Å². The first kappa shape index (κ1) is 16.8. The van der Waals surface area contributed by atoms with Gasteiger partial charge in [-0.1, -0.05) is 11.6 Å². The van der Waals surface area contributed by atoms with Crippen LogP contribution in [0.1, 0.15) is 13.3 Å². The number of amides is 1. The van der Waals surface area contributed by atoms with Crippen molar-refractivity contribution >= 4 is 17.5 Å². The molecule has 0 heterocycles. The van der Waals surface area contributed by atoms with E-state index in [1.807, 2.05) is 0 Å². The van der Waals surface area contributed by atoms with Gasteiger partial charge in [0.1, 0.15) is 5.75 Å². The van der Waals surface area contributed by atoms with Crippen molar-refractivity contribution in [2.45, 2.75) is 19.4 Å². The molecule has 0 aromatic heterocycles. The summed E-state index contributed by atoms with van der Waals surface area (Å²) in [6.45, 7) is 3.04. The zero-order valence-electron chi connectivity index (χ0n) is 11.5. The molecule has 0 aliphatic heterocycles. The zero-order chi connectivity index (χ0) is 14.8. The number of hydrogen-bond acceptors (Lipinski definition) is 4. The number of hydrogen-bond donors (Lipinski definition) is 2. The van der Waals surface area contributed by atoms with E-state index < -0.39 is 6.10 Å². The molecule has 0 aliphatic carbocycles. The summed E-state index contributed by atoms with van der Waals surface area (Å²) < 4.78 is 10.6. The summed E-state index contributed by atoms with van der Waals surface area (Å²) >= 11 is 5.77. The summed E-state index contributed by atoms with van der Waals surface area (Å²) in [5.41, 5.74) is 0. The van der Waals surface area contributed by atoms with Gasteiger partial charge >= 0.3 is 0 Å². The highest BCUT2D eigenvalue weighted by Gasteiger charge is 2.13. The maximum absolute atomic E-state index is 11.8. The van der Waals surface area contributed by atoms with E-state index in [-0.39, 0.29) is 12.5 Å². The Morgan fingerprint density at radius 3 is 2.70 bits per heavy atom. The van der Waals surface area contributed by atoms with Crippen LogP contribution in [-0.4, -0.2) is 43.5 Å². The van der Waals surface area contributed by atoms with Gasteiger partial charge in [0.15, 0.2) is 6.10 Å². The number of carbonyl (C=O) groups is 1. The van der Waals surface area contributed by atoms with Gasteiger partial charge in [-0.15, -0.1) is 0 Å². The van der Waals surface area contributed by atoms with E-state index in [4.69, 9.17) is 26.2 Å². The Hall–Kier alpha value is -1.30. The molecule has 1 unspecified atom stereocenters. The molecular weight excluding hydrogens is 282 g/mol. The quantitative estimate of drug-likeness (QED) is 0.680. The van der Waals surface area contributed by atoms with E-state index >= 15 is 0 Å². The Morgan fingerprint density at radius 2 is 2.05 bits per heavy atom. The smallest absolute Gasteiger partial charge is 0.260 e. The Balaban J connectivity index is 2.20. The maximum Gasteiger partial charge on any atom is 0.260 e. The molecule has 0 fully saturated rings. The molecule has 1 amide bonds. The van der Waals surface area contributed by atoms with E-state index in [0.717, 1.165) is 0 Å². The van der Waals surface area contributed by atoms with Gasteiger partial charge in [0, 0.05) is 18.2 Å². The van der Waals surface area contributed by atoms with Crippen LogP contribution in [0.5, 0.6) is 5.75 Å². The molecule has 1 aromatic rings. The highest BCUT2D eigenvalue weighted by molar-refractivity contribution is 6.30. The lowest BCUT2D eigenvalue weighted by Gasteiger charge is -2.14. The molecule has 1 atom stereocenters. The van der Waals surface area contributed by atoms with Crippen molar-refractivity contribution in [1.82, 2.24) is 5.32 Å². The van der Waals surface area contributed by atoms with Crippen molar-refractivity contribution in [1.29, 1.82) is 0 Å². The number of ether oxygens (including phenoxy) is 2. The highest BCUT2D eigenvalue weighted by atomic mass is 35.5. The Labute approximate surface area is 123 Å². The van der Waals surface area contributed by atoms with Crippen LogP contribution in [0.15, 0.2) is 24.3 Å². The van der Waals surface area contributed by atoms with Crippen molar-refractivity contribution in [2.75, 3.05) is 26.4 Å². The Kier molecular flexibility index (Phi) is 8.02. The largest absolute Gasteiger partial charge is 0.481 e. The fraction of sp³-hybridized carbons (Fsp3) is 0.500. The summed E-state index contributed by atoms with van der Waals surface area (Å²) in [4.78, 5) is 11.8. The molecule has 112 valence electrons. The minimum atomic E-state index is -0.575. The monoisotopic (exact) mass is 301 g/mol. The summed E-state index contributed by atoms with van der Waals surface area (Å²) in [7, 11) is 0. The number of benzene rings is 1. The van der Waals surface area contributed by atoms with Crippen molar-refractivity contribution in [3.05, 3.63) is 29.3 Å². The minimum absolute atomic E-state index is 0.0122. The second-order valence-electron chi connectivity index (χ2n) is 4.19. The lowest BCUT2D eigenvalue weighted by molar-refractivity contribution is -0.127. The van der Waals surface area contributed by atoms with Gasteiger partial charge in [-0.3, -0.25) is 4.79 Å². The summed E-state index contributed by atoms with van der Waals surface area (Å²) in [5.74, 6) is 0.422. The number of aliphatic hydroxyl groups excluding tert-OH is 1. The van der Waals surface area contributed by atoms with Crippen molar-refractivity contribution in [2.24, 2.45) is 0 Å². The third-order valence-electron chi connectivity index (χ3n) is 2.50. The number of carbonyl (C=O) groups excluding carboxylic acids is 1. The first-order valence-corrected chi connectivity index (χ1v) is 6.90. The zero-order valence-corrected chi connectivity index (χ0v) is 12.2. The summed E-state index contributed by atoms with van der Waals surface area (Å²) in [6, 6.07) is 6.85. The standard InChI is InChI=1S/C14H20ClNO4/c1-11(20-13-5-3-12(15)4-6-13)14(18)16-7-2-9-19-10-8-17/h3-6,11,17H,2,7-10H2,1H3,(H,16,18). The number of halogens is 1. The molecule has 2 N–H and O–H groups in total. The third kappa shape index (κ3) is 6.75. The first-order chi connectivity index (χ1) is 9.63. The SMILES string of the molecule is CC(Oc1ccc(Cl)cc1)C(=O)NCCCOCCO. The van der Waals surface area contributed by atoms with Crippen molar-refractivity contribution < 1.29 is 19.4 Å². The molecule has 5 nitrogen and oxygen atoms in total. The third-order valence-corrected chi connectivity index (χ3v) is 2.75. The Morgan fingerprint density at radius 1 is 1.35 bits per heavy atom. The van der Waals surface area contributed by atoms with Gasteiger partial charge in [0.2, 0.25) is 0 Å². The molecule has 0 aliphatic rings. The molecule has 20 heavy (non-hydrogen) atoms. The Bertz CT molecular complexity index is 397. The van der Waals surface area contributed by atoms with Crippen LogP contribution in [0.25, 0.3) is 0 Å². The van der Waals surface area contributed by atoms with Gasteiger partial charge in [0.25, 0.3) is 5.91 Å². The lowest BCUT2D eigenvalue weighted by atomic mass is 10.3. The second-order valence-corrected chi connectivity index (χ2v) is 4.63. The topological polar surface area (TPSA) is 67.8 Å². The van der Waals surface area contributed by atoms with Gasteiger partial charge in [-0.2, -0.15) is 0 Å². The van der Waals surface area contributed by atoms with Crippen LogP contribution in [0.2, 0.25) is 5.02 Å². The predicted octanol–water partition coefficient (Wildman–Crippen LogP) is 1.62. The van der Waals surface area contributed by atoms with Crippen molar-refractivity contribution in [3.63, 3.8) is 0 Å². The predicted molar refractivity (Wildman–Crippen MR) is 77.1 cm³/mol. The molecule has 1 aromatic carbocycles. The molecule has 0 saturated carbocycles. The van der Waals surface area contributed by atoms with Crippen LogP contribution in [0, 0.1) is 0 Å². The second kappa shape index (κ2) is 9.58. The average Bonchev–Trinajstić information content (AvgIpc) is 2.45.